The summed E-state index contributed by atoms with van der Waals surface area (Å²) in [5.41, 5.74) is 6.92. The van der Waals surface area contributed by atoms with Gasteiger partial charge in [0.25, 0.3) is 0 Å². The quantitative estimate of drug-likeness (QED) is 0.739. The Morgan fingerprint density at radius 2 is 2.14 bits per heavy atom. The predicted molar refractivity (Wildman–Crippen MR) is 55.2 cm³/mol. The van der Waals surface area contributed by atoms with Gasteiger partial charge in [0.05, 0.1) is 5.69 Å². The normalized spacial score (nSPS) is 10.6. The second-order valence-electron chi connectivity index (χ2n) is 3.12. The number of Topliss-reactive ketones (excluding diaryl/α,β-unsaturated/α-hetero) is 1. The van der Waals surface area contributed by atoms with Gasteiger partial charge in [0.15, 0.2) is 11.5 Å². The number of carbonyl (C=O) groups is 1. The van der Waals surface area contributed by atoms with Gasteiger partial charge in [0, 0.05) is 11.8 Å². The molecular formula is C11H11NO2. The second-order valence-corrected chi connectivity index (χ2v) is 3.12. The van der Waals surface area contributed by atoms with Crippen LogP contribution in [0.5, 0.6) is 0 Å². The molecule has 72 valence electrons. The number of benzene rings is 1. The molecule has 0 atom stereocenters. The fraction of sp³-hybridized carbons (Fsp3) is 0.182. The number of fused-ring (bicyclic) bond motifs is 1. The van der Waals surface area contributed by atoms with Crippen LogP contribution in [0.3, 0.4) is 0 Å². The van der Waals surface area contributed by atoms with E-state index in [-0.39, 0.29) is 11.5 Å². The largest absolute Gasteiger partial charge is 0.451 e. The van der Waals surface area contributed by atoms with E-state index in [0.717, 1.165) is 5.39 Å². The zero-order valence-electron chi connectivity index (χ0n) is 7.91. The van der Waals surface area contributed by atoms with E-state index < -0.39 is 0 Å². The molecule has 0 amide bonds. The molecule has 0 bridgehead atoms. The Morgan fingerprint density at radius 1 is 1.43 bits per heavy atom. The molecule has 0 aliphatic carbocycles. The Kier molecular flexibility index (Phi) is 2.00. The van der Waals surface area contributed by atoms with E-state index in [9.17, 15) is 4.79 Å². The van der Waals surface area contributed by atoms with Crippen molar-refractivity contribution in [2.75, 3.05) is 5.73 Å². The summed E-state index contributed by atoms with van der Waals surface area (Å²) in [5.74, 6) is 0.229. The maximum absolute atomic E-state index is 11.4. The number of ketones is 1. The van der Waals surface area contributed by atoms with Crippen LogP contribution < -0.4 is 5.73 Å². The van der Waals surface area contributed by atoms with Crippen molar-refractivity contribution in [1.82, 2.24) is 0 Å². The average Bonchev–Trinajstić information content (AvgIpc) is 2.56. The number of furan rings is 1. The highest BCUT2D eigenvalue weighted by Gasteiger charge is 2.15. The summed E-state index contributed by atoms with van der Waals surface area (Å²) in [6.45, 7) is 1.79. The summed E-state index contributed by atoms with van der Waals surface area (Å²) < 4.78 is 5.38. The molecule has 3 heteroatoms. The minimum absolute atomic E-state index is 0.0568. The van der Waals surface area contributed by atoms with Gasteiger partial charge < -0.3 is 10.2 Å². The molecule has 0 aliphatic heterocycles. The summed E-state index contributed by atoms with van der Waals surface area (Å²) >= 11 is 0. The van der Waals surface area contributed by atoms with Gasteiger partial charge in [-0.05, 0) is 12.1 Å². The summed E-state index contributed by atoms with van der Waals surface area (Å²) in [5, 5.41) is 0.810. The second kappa shape index (κ2) is 3.18. The molecule has 14 heavy (non-hydrogen) atoms. The smallest absolute Gasteiger partial charge is 0.199 e. The van der Waals surface area contributed by atoms with E-state index in [1.54, 1.807) is 13.0 Å². The zero-order chi connectivity index (χ0) is 10.1. The molecule has 0 aliphatic rings. The third-order valence-corrected chi connectivity index (χ3v) is 2.21. The molecule has 0 unspecified atom stereocenters. The third kappa shape index (κ3) is 1.18. The van der Waals surface area contributed by atoms with Crippen molar-refractivity contribution in [2.45, 2.75) is 13.3 Å². The summed E-state index contributed by atoms with van der Waals surface area (Å²) in [7, 11) is 0. The lowest BCUT2D eigenvalue weighted by molar-refractivity contribution is 0.0965. The number of rotatable bonds is 2. The summed E-state index contributed by atoms with van der Waals surface area (Å²) in [4.78, 5) is 11.4. The van der Waals surface area contributed by atoms with E-state index in [2.05, 4.69) is 0 Å². The van der Waals surface area contributed by atoms with Gasteiger partial charge in [-0.3, -0.25) is 4.79 Å². The van der Waals surface area contributed by atoms with Gasteiger partial charge in [0.1, 0.15) is 5.58 Å². The van der Waals surface area contributed by atoms with E-state index >= 15 is 0 Å². The van der Waals surface area contributed by atoms with Gasteiger partial charge >= 0.3 is 0 Å². The SMILES string of the molecule is CCC(=O)c1oc2ccccc2c1N. The zero-order valence-corrected chi connectivity index (χ0v) is 7.91. The Hall–Kier alpha value is -1.77. The van der Waals surface area contributed by atoms with Crippen LogP contribution in [-0.2, 0) is 0 Å². The lowest BCUT2D eigenvalue weighted by Gasteiger charge is -1.92. The van der Waals surface area contributed by atoms with Crippen molar-refractivity contribution in [1.29, 1.82) is 0 Å². The lowest BCUT2D eigenvalue weighted by atomic mass is 10.2. The van der Waals surface area contributed by atoms with Gasteiger partial charge in [-0.15, -0.1) is 0 Å². The molecular weight excluding hydrogens is 178 g/mol. The monoisotopic (exact) mass is 189 g/mol. The fourth-order valence-corrected chi connectivity index (χ4v) is 1.43. The Morgan fingerprint density at radius 3 is 2.79 bits per heavy atom. The van der Waals surface area contributed by atoms with Crippen LogP contribution in [0, 0.1) is 0 Å². The number of nitrogens with two attached hydrogens (primary N) is 1. The maximum atomic E-state index is 11.4. The minimum atomic E-state index is -0.0568. The number of hydrogen-bond acceptors (Lipinski definition) is 3. The molecule has 0 saturated carbocycles. The number of carbonyl (C=O) groups excluding carboxylic acids is 1. The van der Waals surface area contributed by atoms with Crippen LogP contribution in [0.25, 0.3) is 11.0 Å². The number of para-hydroxylation sites is 1. The van der Waals surface area contributed by atoms with Gasteiger partial charge in [-0.25, -0.2) is 0 Å². The lowest BCUT2D eigenvalue weighted by Crippen LogP contribution is -1.98. The Balaban J connectivity index is 2.68. The highest BCUT2D eigenvalue weighted by molar-refractivity contribution is 6.06. The highest BCUT2D eigenvalue weighted by Crippen LogP contribution is 2.28. The molecule has 1 aromatic heterocycles. The minimum Gasteiger partial charge on any atom is -0.451 e. The van der Waals surface area contributed by atoms with Gasteiger partial charge in [-0.1, -0.05) is 19.1 Å². The van der Waals surface area contributed by atoms with E-state index in [0.29, 0.717) is 17.7 Å². The summed E-state index contributed by atoms with van der Waals surface area (Å²) in [6, 6.07) is 7.37. The number of hydrogen-bond donors (Lipinski definition) is 1. The van der Waals surface area contributed by atoms with E-state index in [1.807, 2.05) is 18.2 Å². The molecule has 0 radical (unpaired) electrons. The van der Waals surface area contributed by atoms with Crippen molar-refractivity contribution in [3.05, 3.63) is 30.0 Å². The standard InChI is InChI=1S/C11H11NO2/c1-2-8(13)11-10(12)7-5-3-4-6-9(7)14-11/h3-6H,2,12H2,1H3. The van der Waals surface area contributed by atoms with Crippen LogP contribution in [0.15, 0.2) is 28.7 Å². The molecule has 2 aromatic rings. The first-order valence-electron chi connectivity index (χ1n) is 4.54. The van der Waals surface area contributed by atoms with Crippen LogP contribution in [0.4, 0.5) is 5.69 Å². The Labute approximate surface area is 81.5 Å². The van der Waals surface area contributed by atoms with Crippen LogP contribution >= 0.6 is 0 Å². The molecule has 0 spiro atoms. The molecule has 1 heterocycles. The molecule has 2 N–H and O–H groups in total. The third-order valence-electron chi connectivity index (χ3n) is 2.21. The first-order chi connectivity index (χ1) is 6.74. The van der Waals surface area contributed by atoms with Crippen molar-refractivity contribution in [2.24, 2.45) is 0 Å². The van der Waals surface area contributed by atoms with E-state index in [1.165, 1.54) is 0 Å². The first-order valence-corrected chi connectivity index (χ1v) is 4.54. The van der Waals surface area contributed by atoms with Crippen LogP contribution in [-0.4, -0.2) is 5.78 Å². The average molecular weight is 189 g/mol. The molecule has 3 nitrogen and oxygen atoms in total. The number of anilines is 1. The van der Waals surface area contributed by atoms with Crippen molar-refractivity contribution in [3.8, 4) is 0 Å². The van der Waals surface area contributed by atoms with Crippen molar-refractivity contribution in [3.63, 3.8) is 0 Å². The molecule has 0 fully saturated rings. The Bertz CT molecular complexity index is 485. The first kappa shape index (κ1) is 8.81. The predicted octanol–water partition coefficient (Wildman–Crippen LogP) is 2.61. The maximum Gasteiger partial charge on any atom is 0.199 e. The molecule has 2 rings (SSSR count). The summed E-state index contributed by atoms with van der Waals surface area (Å²) in [6.07, 6.45) is 0.407. The van der Waals surface area contributed by atoms with Crippen molar-refractivity contribution >= 4 is 22.4 Å². The van der Waals surface area contributed by atoms with Gasteiger partial charge in [-0.2, -0.15) is 0 Å². The van der Waals surface area contributed by atoms with Crippen molar-refractivity contribution < 1.29 is 9.21 Å². The van der Waals surface area contributed by atoms with Gasteiger partial charge in [0.2, 0.25) is 0 Å². The van der Waals surface area contributed by atoms with E-state index in [4.69, 9.17) is 10.2 Å². The number of nitrogen functional groups attached to an aromatic ring is 1. The molecule has 1 aromatic carbocycles. The molecule has 0 saturated heterocycles. The fourth-order valence-electron chi connectivity index (χ4n) is 1.43. The van der Waals surface area contributed by atoms with Crippen LogP contribution in [0.1, 0.15) is 23.9 Å². The topological polar surface area (TPSA) is 56.2 Å². The highest BCUT2D eigenvalue weighted by atomic mass is 16.3. The van der Waals surface area contributed by atoms with Crippen LogP contribution in [0.2, 0.25) is 0 Å².